The van der Waals surface area contributed by atoms with Crippen LogP contribution in [0.2, 0.25) is 0 Å². The Balaban J connectivity index is 1.65. The van der Waals surface area contributed by atoms with Crippen molar-refractivity contribution in [1.29, 1.82) is 0 Å². The van der Waals surface area contributed by atoms with Crippen LogP contribution in [-0.2, 0) is 4.79 Å². The van der Waals surface area contributed by atoms with Gasteiger partial charge in [0, 0.05) is 38.5 Å². The molecule has 5 nitrogen and oxygen atoms in total. The molecule has 3 rings (SSSR count). The number of nitrogens with zero attached hydrogens (tertiary/aromatic N) is 2. The molecule has 2 heterocycles. The monoisotopic (exact) mass is 327 g/mol. The highest BCUT2D eigenvalue weighted by Crippen LogP contribution is 2.24. The lowest BCUT2D eigenvalue weighted by atomic mass is 10.2. The van der Waals surface area contributed by atoms with Gasteiger partial charge in [0.1, 0.15) is 5.75 Å². The fraction of sp³-hybridized carbons (Fsp3) is 0.222. The van der Waals surface area contributed by atoms with Crippen LogP contribution in [0.4, 0.5) is 4.39 Å². The Hall–Kier alpha value is -2.73. The fourth-order valence-corrected chi connectivity index (χ4v) is 2.40. The third-order valence-corrected chi connectivity index (χ3v) is 3.67. The summed E-state index contributed by atoms with van der Waals surface area (Å²) in [5.74, 6) is 0.0328. The minimum atomic E-state index is -0.490. The summed E-state index contributed by atoms with van der Waals surface area (Å²) in [7, 11) is 0. The molecule has 1 fully saturated rings. The van der Waals surface area contributed by atoms with Crippen LogP contribution in [0.5, 0.6) is 11.5 Å². The molecule has 1 aromatic carbocycles. The van der Waals surface area contributed by atoms with Gasteiger partial charge in [0.2, 0.25) is 5.91 Å². The van der Waals surface area contributed by atoms with Crippen LogP contribution in [0.3, 0.4) is 0 Å². The van der Waals surface area contributed by atoms with Gasteiger partial charge in [-0.25, -0.2) is 4.39 Å². The standard InChI is InChI=1S/C18H18FN3O2/c19-16-12-14(4-6-18(23)22-10-8-20-9-11-22)3-5-17(16)24-15-2-1-7-21-13-15/h1-7,12-13,20H,8-11H2/b6-4+. The van der Waals surface area contributed by atoms with E-state index < -0.39 is 5.82 Å². The summed E-state index contributed by atoms with van der Waals surface area (Å²) in [5.41, 5.74) is 0.606. The van der Waals surface area contributed by atoms with Crippen molar-refractivity contribution in [1.82, 2.24) is 15.2 Å². The molecule has 24 heavy (non-hydrogen) atoms. The molecule has 1 saturated heterocycles. The number of piperazine rings is 1. The molecular weight excluding hydrogens is 309 g/mol. The van der Waals surface area contributed by atoms with E-state index in [0.717, 1.165) is 13.1 Å². The molecule has 2 aromatic rings. The highest BCUT2D eigenvalue weighted by molar-refractivity contribution is 5.91. The Morgan fingerprint density at radius 2 is 2.12 bits per heavy atom. The van der Waals surface area contributed by atoms with Crippen molar-refractivity contribution in [2.75, 3.05) is 26.2 Å². The third-order valence-electron chi connectivity index (χ3n) is 3.67. The molecule has 1 aliphatic rings. The summed E-state index contributed by atoms with van der Waals surface area (Å²) in [6, 6.07) is 8.00. The van der Waals surface area contributed by atoms with E-state index in [1.54, 1.807) is 35.4 Å². The van der Waals surface area contributed by atoms with E-state index in [2.05, 4.69) is 10.3 Å². The van der Waals surface area contributed by atoms with Gasteiger partial charge in [0.25, 0.3) is 0 Å². The molecule has 1 amide bonds. The van der Waals surface area contributed by atoms with Crippen molar-refractivity contribution in [2.24, 2.45) is 0 Å². The number of carbonyl (C=O) groups excluding carboxylic acids is 1. The number of halogens is 1. The van der Waals surface area contributed by atoms with Gasteiger partial charge in [0.05, 0.1) is 6.20 Å². The summed E-state index contributed by atoms with van der Waals surface area (Å²) in [6.07, 6.45) is 6.22. The molecule has 0 unspecified atom stereocenters. The summed E-state index contributed by atoms with van der Waals surface area (Å²) >= 11 is 0. The molecule has 0 spiro atoms. The van der Waals surface area contributed by atoms with Crippen LogP contribution in [-0.4, -0.2) is 42.0 Å². The van der Waals surface area contributed by atoms with Gasteiger partial charge in [-0.05, 0) is 35.9 Å². The first-order valence-corrected chi connectivity index (χ1v) is 7.77. The van der Waals surface area contributed by atoms with Crippen LogP contribution >= 0.6 is 0 Å². The Labute approximate surface area is 139 Å². The zero-order valence-electron chi connectivity index (χ0n) is 13.1. The Morgan fingerprint density at radius 3 is 2.83 bits per heavy atom. The second-order valence-electron chi connectivity index (χ2n) is 5.39. The summed E-state index contributed by atoms with van der Waals surface area (Å²) in [6.45, 7) is 2.98. The number of ether oxygens (including phenoxy) is 1. The van der Waals surface area contributed by atoms with E-state index in [1.807, 2.05) is 0 Å². The number of benzene rings is 1. The predicted molar refractivity (Wildman–Crippen MR) is 89.2 cm³/mol. The molecular formula is C18H18FN3O2. The average molecular weight is 327 g/mol. The highest BCUT2D eigenvalue weighted by atomic mass is 19.1. The second kappa shape index (κ2) is 7.70. The Bertz CT molecular complexity index is 728. The van der Waals surface area contributed by atoms with Crippen molar-refractivity contribution in [3.63, 3.8) is 0 Å². The van der Waals surface area contributed by atoms with Crippen LogP contribution in [0.15, 0.2) is 48.8 Å². The molecule has 0 atom stereocenters. The van der Waals surface area contributed by atoms with E-state index in [4.69, 9.17) is 4.74 Å². The van der Waals surface area contributed by atoms with Gasteiger partial charge in [-0.2, -0.15) is 0 Å². The largest absolute Gasteiger partial charge is 0.453 e. The van der Waals surface area contributed by atoms with E-state index in [0.29, 0.717) is 24.4 Å². The van der Waals surface area contributed by atoms with Gasteiger partial charge in [0.15, 0.2) is 11.6 Å². The molecule has 0 radical (unpaired) electrons. The third kappa shape index (κ3) is 4.17. The average Bonchev–Trinajstić information content (AvgIpc) is 2.63. The summed E-state index contributed by atoms with van der Waals surface area (Å²) in [4.78, 5) is 17.7. The molecule has 1 aromatic heterocycles. The number of nitrogens with one attached hydrogen (secondary N) is 1. The van der Waals surface area contributed by atoms with E-state index in [1.165, 1.54) is 24.4 Å². The van der Waals surface area contributed by atoms with Crippen LogP contribution in [0.1, 0.15) is 5.56 Å². The second-order valence-corrected chi connectivity index (χ2v) is 5.39. The summed E-state index contributed by atoms with van der Waals surface area (Å²) in [5, 5.41) is 3.19. The first-order valence-electron chi connectivity index (χ1n) is 7.77. The first-order chi connectivity index (χ1) is 11.7. The predicted octanol–water partition coefficient (Wildman–Crippen LogP) is 2.46. The number of pyridine rings is 1. The van der Waals surface area contributed by atoms with Crippen molar-refractivity contribution in [2.45, 2.75) is 0 Å². The smallest absolute Gasteiger partial charge is 0.246 e. The number of amides is 1. The minimum Gasteiger partial charge on any atom is -0.453 e. The molecule has 1 N–H and O–H groups in total. The SMILES string of the molecule is O=C(/C=C/c1ccc(Oc2cccnc2)c(F)c1)N1CCNCC1. The molecule has 1 aliphatic heterocycles. The number of hydrogen-bond acceptors (Lipinski definition) is 4. The van der Waals surface area contributed by atoms with Crippen molar-refractivity contribution in [3.05, 3.63) is 60.2 Å². The van der Waals surface area contributed by atoms with Crippen molar-refractivity contribution in [3.8, 4) is 11.5 Å². The first kappa shape index (κ1) is 16.1. The lowest BCUT2D eigenvalue weighted by molar-refractivity contribution is -0.126. The van der Waals surface area contributed by atoms with E-state index in [-0.39, 0.29) is 11.7 Å². The fourth-order valence-electron chi connectivity index (χ4n) is 2.40. The maximum Gasteiger partial charge on any atom is 0.246 e. The van der Waals surface area contributed by atoms with Crippen LogP contribution < -0.4 is 10.1 Å². The van der Waals surface area contributed by atoms with Gasteiger partial charge < -0.3 is 15.0 Å². The normalized spacial score (nSPS) is 14.8. The Kier molecular flexibility index (Phi) is 5.18. The van der Waals surface area contributed by atoms with Crippen LogP contribution in [0.25, 0.3) is 6.08 Å². The van der Waals surface area contributed by atoms with Gasteiger partial charge >= 0.3 is 0 Å². The molecule has 124 valence electrons. The maximum atomic E-state index is 14.1. The zero-order valence-corrected chi connectivity index (χ0v) is 13.1. The number of hydrogen-bond donors (Lipinski definition) is 1. The summed E-state index contributed by atoms with van der Waals surface area (Å²) < 4.78 is 19.6. The topological polar surface area (TPSA) is 54.5 Å². The van der Waals surface area contributed by atoms with Gasteiger partial charge in [-0.15, -0.1) is 0 Å². The van der Waals surface area contributed by atoms with E-state index >= 15 is 0 Å². The molecule has 0 bridgehead atoms. The quantitative estimate of drug-likeness (QED) is 0.877. The minimum absolute atomic E-state index is 0.0624. The molecule has 0 aliphatic carbocycles. The van der Waals surface area contributed by atoms with Crippen molar-refractivity contribution < 1.29 is 13.9 Å². The highest BCUT2D eigenvalue weighted by Gasteiger charge is 2.13. The van der Waals surface area contributed by atoms with Gasteiger partial charge in [-0.1, -0.05) is 6.07 Å². The molecule has 0 saturated carbocycles. The van der Waals surface area contributed by atoms with Crippen LogP contribution in [0, 0.1) is 5.82 Å². The van der Waals surface area contributed by atoms with Crippen molar-refractivity contribution >= 4 is 12.0 Å². The van der Waals surface area contributed by atoms with Gasteiger partial charge in [-0.3, -0.25) is 9.78 Å². The Morgan fingerprint density at radius 1 is 1.29 bits per heavy atom. The lowest BCUT2D eigenvalue weighted by Gasteiger charge is -2.26. The number of rotatable bonds is 4. The lowest BCUT2D eigenvalue weighted by Crippen LogP contribution is -2.45. The number of carbonyl (C=O) groups is 1. The number of aromatic nitrogens is 1. The van der Waals surface area contributed by atoms with E-state index in [9.17, 15) is 9.18 Å². The molecule has 6 heteroatoms. The zero-order chi connectivity index (χ0) is 16.8. The maximum absolute atomic E-state index is 14.1.